The molecule has 0 atom stereocenters. The fourth-order valence-corrected chi connectivity index (χ4v) is 3.10. The minimum absolute atomic E-state index is 0.0554. The molecule has 0 saturated heterocycles. The van der Waals surface area contributed by atoms with E-state index in [9.17, 15) is 26.4 Å². The van der Waals surface area contributed by atoms with Crippen LogP contribution in [-0.4, -0.2) is 31.5 Å². The number of rotatable bonds is 4. The topological polar surface area (TPSA) is 72.9 Å². The molecule has 0 bridgehead atoms. The van der Waals surface area contributed by atoms with Crippen LogP contribution >= 0.6 is 0 Å². The summed E-state index contributed by atoms with van der Waals surface area (Å²) >= 11 is 0. The van der Waals surface area contributed by atoms with Gasteiger partial charge in [-0.05, 0) is 36.3 Å². The molecule has 142 valence electrons. The molecule has 0 unspecified atom stereocenters. The highest BCUT2D eigenvalue weighted by molar-refractivity contribution is 7.87. The fourth-order valence-electron chi connectivity index (χ4n) is 2.62. The lowest BCUT2D eigenvalue weighted by molar-refractivity contribution is -0.0541. The third-order valence-corrected chi connectivity index (χ3v) is 5.29. The summed E-state index contributed by atoms with van der Waals surface area (Å²) in [5.74, 6) is -0.669. The molecule has 10 heteroatoms. The highest BCUT2D eigenvalue weighted by Gasteiger charge is 2.52. The molecule has 1 heterocycles. The zero-order chi connectivity index (χ0) is 19.0. The van der Waals surface area contributed by atoms with Crippen molar-refractivity contribution in [3.8, 4) is 0 Å². The maximum absolute atomic E-state index is 12.6. The maximum Gasteiger partial charge on any atom is 0.534 e. The SMILES string of the molecule is O=C(OCc1ccccc1)N1CC2(CC=C1OS(=O)(=O)C(F)(F)F)CC2. The Morgan fingerprint density at radius 3 is 2.42 bits per heavy atom. The van der Waals surface area contributed by atoms with Crippen LogP contribution in [0.2, 0.25) is 0 Å². The molecule has 3 rings (SSSR count). The molecule has 1 aliphatic carbocycles. The average Bonchev–Trinajstić information content (AvgIpc) is 3.33. The Bertz CT molecular complexity index is 816. The highest BCUT2D eigenvalue weighted by atomic mass is 32.2. The Kier molecular flexibility index (Phi) is 4.63. The van der Waals surface area contributed by atoms with Crippen LogP contribution < -0.4 is 0 Å². The smallest absolute Gasteiger partial charge is 0.444 e. The molecular weight excluding hydrogens is 375 g/mol. The third kappa shape index (κ3) is 3.95. The van der Waals surface area contributed by atoms with Gasteiger partial charge >= 0.3 is 21.7 Å². The normalized spacial score (nSPS) is 19.0. The van der Waals surface area contributed by atoms with Gasteiger partial charge in [-0.1, -0.05) is 30.3 Å². The number of halogens is 3. The molecular formula is C16H16F3NO5S. The van der Waals surface area contributed by atoms with Gasteiger partial charge in [-0.15, -0.1) is 0 Å². The Labute approximate surface area is 148 Å². The van der Waals surface area contributed by atoms with E-state index in [2.05, 4.69) is 4.18 Å². The van der Waals surface area contributed by atoms with Crippen LogP contribution in [0.1, 0.15) is 24.8 Å². The molecule has 1 aromatic rings. The maximum atomic E-state index is 12.6. The van der Waals surface area contributed by atoms with Gasteiger partial charge in [0.15, 0.2) is 0 Å². The van der Waals surface area contributed by atoms with Gasteiger partial charge in [0.25, 0.3) is 0 Å². The first-order chi connectivity index (χ1) is 12.1. The monoisotopic (exact) mass is 391 g/mol. The van der Waals surface area contributed by atoms with Gasteiger partial charge in [0, 0.05) is 6.54 Å². The molecule has 1 fully saturated rings. The summed E-state index contributed by atoms with van der Waals surface area (Å²) in [5.41, 5.74) is -5.13. The van der Waals surface area contributed by atoms with Crippen molar-refractivity contribution in [1.29, 1.82) is 0 Å². The Morgan fingerprint density at radius 1 is 1.19 bits per heavy atom. The summed E-state index contributed by atoms with van der Waals surface area (Å²) in [6, 6.07) is 8.70. The van der Waals surface area contributed by atoms with E-state index < -0.39 is 27.6 Å². The predicted molar refractivity (Wildman–Crippen MR) is 83.8 cm³/mol. The van der Waals surface area contributed by atoms with Crippen LogP contribution in [0.15, 0.2) is 42.3 Å². The van der Waals surface area contributed by atoms with Crippen molar-refractivity contribution >= 4 is 16.2 Å². The first-order valence-electron chi connectivity index (χ1n) is 7.81. The molecule has 0 N–H and O–H groups in total. The van der Waals surface area contributed by atoms with E-state index in [1.54, 1.807) is 30.3 Å². The highest BCUT2D eigenvalue weighted by Crippen LogP contribution is 2.52. The zero-order valence-electron chi connectivity index (χ0n) is 13.5. The number of alkyl halides is 3. The lowest BCUT2D eigenvalue weighted by Crippen LogP contribution is -2.41. The Hall–Kier alpha value is -2.23. The van der Waals surface area contributed by atoms with Crippen LogP contribution in [0.4, 0.5) is 18.0 Å². The molecule has 1 aromatic carbocycles. The summed E-state index contributed by atoms with van der Waals surface area (Å²) < 4.78 is 69.6. The lowest BCUT2D eigenvalue weighted by atomic mass is 9.99. The Balaban J connectivity index is 1.74. The van der Waals surface area contributed by atoms with Gasteiger partial charge in [-0.2, -0.15) is 21.6 Å². The zero-order valence-corrected chi connectivity index (χ0v) is 14.3. The number of ether oxygens (including phenoxy) is 1. The van der Waals surface area contributed by atoms with E-state index in [4.69, 9.17) is 4.74 Å². The molecule has 2 aliphatic rings. The average molecular weight is 391 g/mol. The summed E-state index contributed by atoms with van der Waals surface area (Å²) in [4.78, 5) is 13.2. The number of allylic oxidation sites excluding steroid dienone is 1. The van der Waals surface area contributed by atoms with Crippen molar-refractivity contribution in [2.75, 3.05) is 6.54 Å². The van der Waals surface area contributed by atoms with Gasteiger partial charge < -0.3 is 8.92 Å². The number of hydrogen-bond donors (Lipinski definition) is 0. The van der Waals surface area contributed by atoms with E-state index in [0.29, 0.717) is 12.0 Å². The standard InChI is InChI=1S/C16H16F3NO5S/c17-16(18,19)26(22,23)25-13-6-7-15(8-9-15)11-20(13)14(21)24-10-12-4-2-1-3-5-12/h1-6H,7-11H2. The van der Waals surface area contributed by atoms with Crippen molar-refractivity contribution in [1.82, 2.24) is 4.90 Å². The molecule has 0 aromatic heterocycles. The van der Waals surface area contributed by atoms with Crippen LogP contribution in [-0.2, 0) is 25.6 Å². The second-order valence-corrected chi connectivity index (χ2v) is 7.89. The van der Waals surface area contributed by atoms with Crippen molar-refractivity contribution < 1.29 is 35.3 Å². The minimum atomic E-state index is -5.87. The fraction of sp³-hybridized carbons (Fsp3) is 0.438. The number of amides is 1. The van der Waals surface area contributed by atoms with Crippen LogP contribution in [0.3, 0.4) is 0 Å². The summed E-state index contributed by atoms with van der Waals surface area (Å²) in [6.07, 6.45) is 2.18. The number of nitrogens with zero attached hydrogens (tertiary/aromatic N) is 1. The number of carbonyl (C=O) groups excluding carboxylic acids is 1. The molecule has 1 aliphatic heterocycles. The second-order valence-electron chi connectivity index (χ2n) is 6.36. The Morgan fingerprint density at radius 2 is 1.85 bits per heavy atom. The summed E-state index contributed by atoms with van der Waals surface area (Å²) in [7, 11) is -5.87. The van der Waals surface area contributed by atoms with Gasteiger partial charge in [0.05, 0.1) is 0 Å². The minimum Gasteiger partial charge on any atom is -0.444 e. The van der Waals surface area contributed by atoms with E-state index in [0.717, 1.165) is 17.7 Å². The van der Waals surface area contributed by atoms with Crippen LogP contribution in [0.25, 0.3) is 0 Å². The van der Waals surface area contributed by atoms with Crippen molar-refractivity contribution in [2.45, 2.75) is 31.4 Å². The van der Waals surface area contributed by atoms with Crippen molar-refractivity contribution in [3.63, 3.8) is 0 Å². The number of hydrogen-bond acceptors (Lipinski definition) is 5. The molecule has 26 heavy (non-hydrogen) atoms. The number of benzene rings is 1. The van der Waals surface area contributed by atoms with Gasteiger partial charge in [-0.3, -0.25) is 0 Å². The van der Waals surface area contributed by atoms with Crippen molar-refractivity contribution in [3.05, 3.63) is 47.9 Å². The predicted octanol–water partition coefficient (Wildman–Crippen LogP) is 3.52. The summed E-state index contributed by atoms with van der Waals surface area (Å²) in [5, 5.41) is 0. The molecule has 1 amide bonds. The van der Waals surface area contributed by atoms with Crippen LogP contribution in [0.5, 0.6) is 0 Å². The van der Waals surface area contributed by atoms with Gasteiger partial charge in [0.2, 0.25) is 5.88 Å². The van der Waals surface area contributed by atoms with Gasteiger partial charge in [0.1, 0.15) is 6.61 Å². The first-order valence-corrected chi connectivity index (χ1v) is 9.22. The third-order valence-electron chi connectivity index (χ3n) is 4.33. The molecule has 1 spiro atoms. The number of carbonyl (C=O) groups is 1. The molecule has 6 nitrogen and oxygen atoms in total. The largest absolute Gasteiger partial charge is 0.534 e. The van der Waals surface area contributed by atoms with E-state index in [1.807, 2.05) is 0 Å². The summed E-state index contributed by atoms with van der Waals surface area (Å²) in [6.45, 7) is -0.0394. The second kappa shape index (κ2) is 6.49. The van der Waals surface area contributed by atoms with E-state index in [-0.39, 0.29) is 18.6 Å². The quantitative estimate of drug-likeness (QED) is 0.580. The lowest BCUT2D eigenvalue weighted by Gasteiger charge is -2.31. The molecule has 1 saturated carbocycles. The van der Waals surface area contributed by atoms with E-state index >= 15 is 0 Å². The van der Waals surface area contributed by atoms with E-state index in [1.165, 1.54) is 6.08 Å². The van der Waals surface area contributed by atoms with Crippen molar-refractivity contribution in [2.24, 2.45) is 5.41 Å². The van der Waals surface area contributed by atoms with Gasteiger partial charge in [-0.25, -0.2) is 9.69 Å². The molecule has 0 radical (unpaired) electrons. The van der Waals surface area contributed by atoms with Crippen LogP contribution in [0, 0.1) is 5.41 Å². The first kappa shape index (κ1) is 18.6.